The molecule has 3 aliphatic rings. The van der Waals surface area contributed by atoms with E-state index in [1.54, 1.807) is 6.92 Å². The second-order valence-electron chi connectivity index (χ2n) is 9.40. The molecule has 8 nitrogen and oxygen atoms in total. The number of rotatable bonds is 7. The Labute approximate surface area is 188 Å². The van der Waals surface area contributed by atoms with E-state index < -0.39 is 35.0 Å². The Hall–Kier alpha value is -2.45. The standard InChI is InChI=1S/C24H32N2O6/c1-5-31-22(30)18-17-21(29)26(11-6-12-27)19(24(17)10-9-23(18,4)32-24)20(28)25-16-13-14(2)7-8-15(16)3/h7-8,13,17-19,27H,5-6,9-12H2,1-4H3,(H,25,28)/t17-,18-,19?,23+,24?/m0/s1. The molecule has 1 spiro atoms. The summed E-state index contributed by atoms with van der Waals surface area (Å²) in [6.07, 6.45) is 1.42. The van der Waals surface area contributed by atoms with Crippen LogP contribution in [0.2, 0.25) is 0 Å². The van der Waals surface area contributed by atoms with Gasteiger partial charge in [0.05, 0.1) is 18.1 Å². The van der Waals surface area contributed by atoms with Gasteiger partial charge in [-0.1, -0.05) is 12.1 Å². The molecule has 8 heteroatoms. The van der Waals surface area contributed by atoms with Crippen molar-refractivity contribution in [3.8, 4) is 0 Å². The number of likely N-dealkylation sites (tertiary alicyclic amines) is 1. The third-order valence-corrected chi connectivity index (χ3v) is 7.27. The summed E-state index contributed by atoms with van der Waals surface area (Å²) in [5, 5.41) is 12.4. The molecule has 2 bridgehead atoms. The summed E-state index contributed by atoms with van der Waals surface area (Å²) in [5.41, 5.74) is 0.686. The number of nitrogens with one attached hydrogen (secondary N) is 1. The van der Waals surface area contributed by atoms with Crippen molar-refractivity contribution >= 4 is 23.5 Å². The molecule has 3 aliphatic heterocycles. The number of fused-ring (bicyclic) bond motifs is 1. The number of nitrogens with zero attached hydrogens (tertiary/aromatic N) is 1. The number of esters is 1. The van der Waals surface area contributed by atoms with E-state index in [1.807, 2.05) is 39.0 Å². The SMILES string of the molecule is CCOC(=O)[C@@H]1[C@H]2C(=O)N(CCCO)C(C(=O)Nc3cc(C)ccc3C)C23CC[C@@]1(C)O3. The lowest BCUT2D eigenvalue weighted by Gasteiger charge is -2.33. The third kappa shape index (κ3) is 3.31. The van der Waals surface area contributed by atoms with E-state index >= 15 is 0 Å². The van der Waals surface area contributed by atoms with E-state index in [2.05, 4.69) is 5.32 Å². The first-order chi connectivity index (χ1) is 15.2. The lowest BCUT2D eigenvalue weighted by atomic mass is 9.66. The number of hydrogen-bond acceptors (Lipinski definition) is 6. The maximum atomic E-state index is 13.7. The van der Waals surface area contributed by atoms with Crippen LogP contribution in [0.15, 0.2) is 18.2 Å². The molecule has 3 heterocycles. The van der Waals surface area contributed by atoms with Crippen LogP contribution in [0.5, 0.6) is 0 Å². The average Bonchev–Trinajstić information content (AvgIpc) is 3.30. The highest BCUT2D eigenvalue weighted by molar-refractivity contribution is 6.03. The summed E-state index contributed by atoms with van der Waals surface area (Å²) in [6, 6.07) is 4.92. The van der Waals surface area contributed by atoms with Gasteiger partial charge in [0.15, 0.2) is 0 Å². The molecule has 174 valence electrons. The molecule has 5 atom stereocenters. The second kappa shape index (κ2) is 8.15. The van der Waals surface area contributed by atoms with Crippen molar-refractivity contribution in [3.63, 3.8) is 0 Å². The smallest absolute Gasteiger partial charge is 0.312 e. The highest BCUT2D eigenvalue weighted by Gasteiger charge is 2.78. The molecule has 0 aromatic heterocycles. The van der Waals surface area contributed by atoms with Crippen molar-refractivity contribution in [1.82, 2.24) is 4.90 Å². The van der Waals surface area contributed by atoms with Crippen molar-refractivity contribution < 1.29 is 29.0 Å². The Bertz CT molecular complexity index is 948. The van der Waals surface area contributed by atoms with Crippen LogP contribution in [0.25, 0.3) is 0 Å². The molecule has 3 fully saturated rings. The number of carbonyl (C=O) groups excluding carboxylic acids is 3. The Morgan fingerprint density at radius 2 is 2.06 bits per heavy atom. The number of anilines is 1. The molecule has 0 radical (unpaired) electrons. The van der Waals surface area contributed by atoms with Crippen LogP contribution in [0, 0.1) is 25.7 Å². The number of hydrogen-bond donors (Lipinski definition) is 2. The van der Waals surface area contributed by atoms with Crippen LogP contribution in [0.3, 0.4) is 0 Å². The van der Waals surface area contributed by atoms with E-state index in [0.717, 1.165) is 11.1 Å². The normalized spacial score (nSPS) is 32.8. The Kier molecular flexibility index (Phi) is 5.79. The first-order valence-electron chi connectivity index (χ1n) is 11.3. The van der Waals surface area contributed by atoms with Gasteiger partial charge in [0.25, 0.3) is 0 Å². The maximum Gasteiger partial charge on any atom is 0.312 e. The highest BCUT2D eigenvalue weighted by atomic mass is 16.6. The Morgan fingerprint density at radius 1 is 1.31 bits per heavy atom. The van der Waals surface area contributed by atoms with Crippen LogP contribution in [0.4, 0.5) is 5.69 Å². The summed E-state index contributed by atoms with van der Waals surface area (Å²) in [4.78, 5) is 41.6. The highest BCUT2D eigenvalue weighted by Crippen LogP contribution is 2.63. The molecular weight excluding hydrogens is 412 g/mol. The summed E-state index contributed by atoms with van der Waals surface area (Å²) in [6.45, 7) is 7.75. The van der Waals surface area contributed by atoms with Crippen LogP contribution in [-0.2, 0) is 23.9 Å². The van der Waals surface area contributed by atoms with E-state index in [4.69, 9.17) is 9.47 Å². The van der Waals surface area contributed by atoms with E-state index in [9.17, 15) is 19.5 Å². The zero-order chi connectivity index (χ0) is 23.3. The fourth-order valence-corrected chi connectivity index (χ4v) is 5.87. The molecule has 3 saturated heterocycles. The van der Waals surface area contributed by atoms with Gasteiger partial charge in [-0.2, -0.15) is 0 Å². The van der Waals surface area contributed by atoms with Gasteiger partial charge < -0.3 is 24.8 Å². The molecule has 4 rings (SSSR count). The van der Waals surface area contributed by atoms with Crippen molar-refractivity contribution in [2.24, 2.45) is 11.8 Å². The molecule has 2 unspecified atom stereocenters. The molecule has 2 N–H and O–H groups in total. The second-order valence-corrected chi connectivity index (χ2v) is 9.40. The number of amides is 2. The fourth-order valence-electron chi connectivity index (χ4n) is 5.87. The average molecular weight is 445 g/mol. The molecular formula is C24H32N2O6. The van der Waals surface area contributed by atoms with Gasteiger partial charge in [0.2, 0.25) is 11.8 Å². The lowest BCUT2D eigenvalue weighted by molar-refractivity contribution is -0.159. The maximum absolute atomic E-state index is 13.7. The molecule has 1 aromatic carbocycles. The quantitative estimate of drug-likeness (QED) is 0.623. The van der Waals surface area contributed by atoms with Gasteiger partial charge in [-0.25, -0.2) is 0 Å². The zero-order valence-electron chi connectivity index (χ0n) is 19.1. The van der Waals surface area contributed by atoms with Gasteiger partial charge in [-0.15, -0.1) is 0 Å². The van der Waals surface area contributed by atoms with E-state index in [0.29, 0.717) is 24.9 Å². The molecule has 2 amide bonds. The minimum atomic E-state index is -1.08. The summed E-state index contributed by atoms with van der Waals surface area (Å²) in [7, 11) is 0. The summed E-state index contributed by atoms with van der Waals surface area (Å²) >= 11 is 0. The van der Waals surface area contributed by atoms with Crippen molar-refractivity contribution in [1.29, 1.82) is 0 Å². The topological polar surface area (TPSA) is 105 Å². The first-order valence-corrected chi connectivity index (χ1v) is 11.3. The predicted molar refractivity (Wildman–Crippen MR) is 117 cm³/mol. The predicted octanol–water partition coefficient (Wildman–Crippen LogP) is 1.95. The lowest BCUT2D eigenvalue weighted by Crippen LogP contribution is -2.53. The molecule has 1 aromatic rings. The number of carbonyl (C=O) groups is 3. The summed E-state index contributed by atoms with van der Waals surface area (Å²) in [5.74, 6) is -2.58. The number of ether oxygens (including phenoxy) is 2. The van der Waals surface area contributed by atoms with Crippen molar-refractivity contribution in [3.05, 3.63) is 29.3 Å². The van der Waals surface area contributed by atoms with E-state index in [1.165, 1.54) is 4.90 Å². The van der Waals surface area contributed by atoms with Crippen LogP contribution in [-0.4, -0.2) is 64.8 Å². The van der Waals surface area contributed by atoms with Gasteiger partial charge >= 0.3 is 5.97 Å². The minimum Gasteiger partial charge on any atom is -0.466 e. The Balaban J connectivity index is 1.73. The molecule has 0 saturated carbocycles. The van der Waals surface area contributed by atoms with Gasteiger partial charge in [0, 0.05) is 18.8 Å². The van der Waals surface area contributed by atoms with Gasteiger partial charge in [-0.3, -0.25) is 14.4 Å². The van der Waals surface area contributed by atoms with Crippen molar-refractivity contribution in [2.75, 3.05) is 25.1 Å². The van der Waals surface area contributed by atoms with Crippen LogP contribution >= 0.6 is 0 Å². The zero-order valence-corrected chi connectivity index (χ0v) is 19.1. The molecule has 0 aliphatic carbocycles. The number of aliphatic hydroxyl groups is 1. The van der Waals surface area contributed by atoms with Crippen molar-refractivity contribution in [2.45, 2.75) is 64.2 Å². The van der Waals surface area contributed by atoms with E-state index in [-0.39, 0.29) is 31.6 Å². The van der Waals surface area contributed by atoms with Gasteiger partial charge in [0.1, 0.15) is 17.6 Å². The number of benzene rings is 1. The largest absolute Gasteiger partial charge is 0.466 e. The van der Waals surface area contributed by atoms with Crippen LogP contribution < -0.4 is 5.32 Å². The minimum absolute atomic E-state index is 0.105. The van der Waals surface area contributed by atoms with Crippen LogP contribution in [0.1, 0.15) is 44.2 Å². The van der Waals surface area contributed by atoms with Gasteiger partial charge in [-0.05, 0) is 64.2 Å². The number of aliphatic hydroxyl groups excluding tert-OH is 1. The Morgan fingerprint density at radius 3 is 2.75 bits per heavy atom. The monoisotopic (exact) mass is 444 g/mol. The molecule has 32 heavy (non-hydrogen) atoms. The first kappa shape index (κ1) is 22.7. The third-order valence-electron chi connectivity index (χ3n) is 7.27. The summed E-state index contributed by atoms with van der Waals surface area (Å²) < 4.78 is 11.8. The fraction of sp³-hybridized carbons (Fsp3) is 0.625. The number of aryl methyl sites for hydroxylation is 2.